The number of hydrogen-bond donors (Lipinski definition) is 2. The van der Waals surface area contributed by atoms with Crippen molar-refractivity contribution in [2.24, 2.45) is 0 Å². The Morgan fingerprint density at radius 1 is 0.795 bits per heavy atom. The van der Waals surface area contributed by atoms with E-state index in [9.17, 15) is 4.79 Å². The zero-order valence-electron chi connectivity index (χ0n) is 22.5. The van der Waals surface area contributed by atoms with E-state index in [-0.39, 0.29) is 11.9 Å². The van der Waals surface area contributed by atoms with Crippen LogP contribution in [0.25, 0.3) is 11.1 Å². The van der Waals surface area contributed by atoms with Crippen LogP contribution in [-0.4, -0.2) is 43.5 Å². The average molecular weight is 517 g/mol. The third-order valence-corrected chi connectivity index (χ3v) is 7.28. The summed E-state index contributed by atoms with van der Waals surface area (Å²) >= 11 is 0. The van der Waals surface area contributed by atoms with E-state index in [4.69, 9.17) is 0 Å². The predicted molar refractivity (Wildman–Crippen MR) is 162 cm³/mol. The number of hydrogen-bond acceptors (Lipinski definition) is 4. The largest absolute Gasteiger partial charge is 0.388 e. The summed E-state index contributed by atoms with van der Waals surface area (Å²) in [5.41, 5.74) is 6.89. The molecule has 0 aliphatic carbocycles. The van der Waals surface area contributed by atoms with Gasteiger partial charge in [0.2, 0.25) is 0 Å². The second-order valence-electron chi connectivity index (χ2n) is 9.80. The van der Waals surface area contributed by atoms with E-state index < -0.39 is 0 Å². The van der Waals surface area contributed by atoms with E-state index in [0.29, 0.717) is 5.56 Å². The number of nitrogens with zero attached hydrogens (tertiary/aromatic N) is 2. The summed E-state index contributed by atoms with van der Waals surface area (Å²) in [5.74, 6) is -0.108. The minimum Gasteiger partial charge on any atom is -0.388 e. The maximum absolute atomic E-state index is 13.2. The highest BCUT2D eigenvalue weighted by atomic mass is 16.1. The highest BCUT2D eigenvalue weighted by Gasteiger charge is 2.27. The van der Waals surface area contributed by atoms with Crippen molar-refractivity contribution in [3.63, 3.8) is 0 Å². The Hall–Kier alpha value is -4.35. The summed E-state index contributed by atoms with van der Waals surface area (Å²) in [4.78, 5) is 18.1. The van der Waals surface area contributed by atoms with Gasteiger partial charge >= 0.3 is 0 Å². The molecule has 1 amide bonds. The lowest BCUT2D eigenvalue weighted by Gasteiger charge is -2.41. The fraction of sp³-hybridized carbons (Fsp3) is 0.206. The topological polar surface area (TPSA) is 47.6 Å². The SMILES string of the molecule is C=C(NCC)C(c1ccccc1)N1CCN(c2ccc(NC(=O)c3ccccc3-c3ccccc3)cc2)CC1. The molecular formula is C34H36N4O. The number of rotatable bonds is 9. The van der Waals surface area contributed by atoms with Crippen LogP contribution in [-0.2, 0) is 0 Å². The fourth-order valence-electron chi connectivity index (χ4n) is 5.33. The molecule has 5 nitrogen and oxygen atoms in total. The van der Waals surface area contributed by atoms with Gasteiger partial charge in [-0.1, -0.05) is 85.4 Å². The minimum absolute atomic E-state index is 0.108. The molecule has 0 bridgehead atoms. The van der Waals surface area contributed by atoms with Crippen molar-refractivity contribution in [3.8, 4) is 11.1 Å². The number of anilines is 2. The molecule has 198 valence electrons. The predicted octanol–water partition coefficient (Wildman–Crippen LogP) is 6.59. The molecule has 1 aliphatic heterocycles. The maximum Gasteiger partial charge on any atom is 0.256 e. The molecule has 0 aromatic heterocycles. The van der Waals surface area contributed by atoms with Gasteiger partial charge in [0, 0.05) is 55.4 Å². The first-order valence-electron chi connectivity index (χ1n) is 13.7. The second kappa shape index (κ2) is 12.5. The number of likely N-dealkylation sites (N-methyl/N-ethyl adjacent to an activating group) is 1. The van der Waals surface area contributed by atoms with Crippen molar-refractivity contribution in [2.75, 3.05) is 42.9 Å². The van der Waals surface area contributed by atoms with Crippen molar-refractivity contribution in [1.29, 1.82) is 0 Å². The Labute approximate surface area is 231 Å². The molecule has 4 aromatic carbocycles. The molecule has 1 atom stereocenters. The standard InChI is InChI=1S/C34H36N4O/c1-3-35-26(2)33(28-14-8-5-9-15-28)38-24-22-37(23-25-38)30-20-18-29(19-21-30)36-34(39)32-17-11-10-16-31(32)27-12-6-4-7-13-27/h4-21,33,35H,2-3,22-25H2,1H3,(H,36,39). The summed E-state index contributed by atoms with van der Waals surface area (Å²) in [6, 6.07) is 36.7. The van der Waals surface area contributed by atoms with Gasteiger partial charge in [0.05, 0.1) is 6.04 Å². The van der Waals surface area contributed by atoms with E-state index in [1.54, 1.807) is 0 Å². The number of carbonyl (C=O) groups excluding carboxylic acids is 1. The van der Waals surface area contributed by atoms with E-state index in [0.717, 1.165) is 55.2 Å². The van der Waals surface area contributed by atoms with Crippen LogP contribution in [0.2, 0.25) is 0 Å². The number of piperazine rings is 1. The Morgan fingerprint density at radius 3 is 2.08 bits per heavy atom. The average Bonchev–Trinajstić information content (AvgIpc) is 2.99. The van der Waals surface area contributed by atoms with Crippen molar-refractivity contribution >= 4 is 17.3 Å². The first-order valence-corrected chi connectivity index (χ1v) is 13.7. The lowest BCUT2D eigenvalue weighted by Crippen LogP contribution is -2.48. The van der Waals surface area contributed by atoms with Crippen LogP contribution in [0.1, 0.15) is 28.9 Å². The molecule has 1 saturated heterocycles. The van der Waals surface area contributed by atoms with E-state index in [1.807, 2.05) is 66.7 Å². The monoisotopic (exact) mass is 516 g/mol. The number of nitrogens with one attached hydrogen (secondary N) is 2. The van der Waals surface area contributed by atoms with Gasteiger partial charge in [-0.3, -0.25) is 9.69 Å². The molecule has 1 aliphatic rings. The molecule has 1 fully saturated rings. The van der Waals surface area contributed by atoms with E-state index >= 15 is 0 Å². The van der Waals surface area contributed by atoms with Crippen LogP contribution in [0.3, 0.4) is 0 Å². The number of amides is 1. The highest BCUT2D eigenvalue weighted by Crippen LogP contribution is 2.29. The van der Waals surface area contributed by atoms with Gasteiger partial charge in [-0.15, -0.1) is 0 Å². The van der Waals surface area contributed by atoms with Crippen LogP contribution < -0.4 is 15.5 Å². The van der Waals surface area contributed by atoms with Gasteiger partial charge in [-0.2, -0.15) is 0 Å². The third-order valence-electron chi connectivity index (χ3n) is 7.28. The third kappa shape index (κ3) is 6.21. The lowest BCUT2D eigenvalue weighted by molar-refractivity contribution is 0.102. The molecule has 1 heterocycles. The van der Waals surface area contributed by atoms with Crippen molar-refractivity contribution < 1.29 is 4.79 Å². The summed E-state index contributed by atoms with van der Waals surface area (Å²) < 4.78 is 0. The van der Waals surface area contributed by atoms with Crippen LogP contribution >= 0.6 is 0 Å². The van der Waals surface area contributed by atoms with Gasteiger partial charge in [-0.05, 0) is 53.9 Å². The molecule has 39 heavy (non-hydrogen) atoms. The molecule has 0 radical (unpaired) electrons. The zero-order chi connectivity index (χ0) is 27.0. The lowest BCUT2D eigenvalue weighted by atomic mass is 9.99. The van der Waals surface area contributed by atoms with Gasteiger partial charge < -0.3 is 15.5 Å². The first kappa shape index (κ1) is 26.3. The smallest absolute Gasteiger partial charge is 0.256 e. The first-order chi connectivity index (χ1) is 19.1. The molecule has 4 aromatic rings. The molecule has 0 spiro atoms. The Balaban J connectivity index is 1.23. The minimum atomic E-state index is -0.108. The quantitative estimate of drug-likeness (QED) is 0.263. The second-order valence-corrected chi connectivity index (χ2v) is 9.80. The van der Waals surface area contributed by atoms with Crippen molar-refractivity contribution in [3.05, 3.63) is 133 Å². The van der Waals surface area contributed by atoms with Gasteiger partial charge in [0.25, 0.3) is 5.91 Å². The van der Waals surface area contributed by atoms with E-state index in [2.05, 4.69) is 76.4 Å². The van der Waals surface area contributed by atoms with Crippen LogP contribution in [0, 0.1) is 0 Å². The van der Waals surface area contributed by atoms with Crippen LogP contribution in [0.15, 0.2) is 121 Å². The van der Waals surface area contributed by atoms with Crippen molar-refractivity contribution in [1.82, 2.24) is 10.2 Å². The molecule has 2 N–H and O–H groups in total. The van der Waals surface area contributed by atoms with Crippen molar-refractivity contribution in [2.45, 2.75) is 13.0 Å². The number of carbonyl (C=O) groups is 1. The fourth-order valence-corrected chi connectivity index (χ4v) is 5.33. The molecule has 1 unspecified atom stereocenters. The van der Waals surface area contributed by atoms with Crippen LogP contribution in [0.4, 0.5) is 11.4 Å². The highest BCUT2D eigenvalue weighted by molar-refractivity contribution is 6.08. The zero-order valence-corrected chi connectivity index (χ0v) is 22.5. The normalized spacial score (nSPS) is 14.4. The summed E-state index contributed by atoms with van der Waals surface area (Å²) in [5, 5.41) is 6.53. The molecule has 5 heteroatoms. The number of benzene rings is 4. The summed E-state index contributed by atoms with van der Waals surface area (Å²) in [7, 11) is 0. The summed E-state index contributed by atoms with van der Waals surface area (Å²) in [6.45, 7) is 11.1. The molecule has 5 rings (SSSR count). The molecular weight excluding hydrogens is 480 g/mol. The van der Waals surface area contributed by atoms with Gasteiger partial charge in [0.15, 0.2) is 0 Å². The maximum atomic E-state index is 13.2. The van der Waals surface area contributed by atoms with Gasteiger partial charge in [0.1, 0.15) is 0 Å². The van der Waals surface area contributed by atoms with Crippen LogP contribution in [0.5, 0.6) is 0 Å². The molecule has 0 saturated carbocycles. The Bertz CT molecular complexity index is 1380. The van der Waals surface area contributed by atoms with E-state index in [1.165, 1.54) is 11.3 Å². The van der Waals surface area contributed by atoms with Gasteiger partial charge in [-0.25, -0.2) is 0 Å². The Morgan fingerprint density at radius 2 is 1.41 bits per heavy atom. The Kier molecular flexibility index (Phi) is 8.39. The summed E-state index contributed by atoms with van der Waals surface area (Å²) in [6.07, 6.45) is 0.